The van der Waals surface area contributed by atoms with Crippen LogP contribution in [-0.4, -0.2) is 11.1 Å². The van der Waals surface area contributed by atoms with Crippen molar-refractivity contribution < 1.29 is 14.3 Å². The van der Waals surface area contributed by atoms with Crippen molar-refractivity contribution in [2.24, 2.45) is 0 Å². The molecule has 0 heterocycles. The Balaban J connectivity index is 2.39. The maximum atomic E-state index is 13.1. The fourth-order valence-corrected chi connectivity index (χ4v) is 1.94. The number of carboxylic acids is 1. The molecule has 92 valence electrons. The Hall–Kier alpha value is -2.16. The van der Waals surface area contributed by atoms with Crippen LogP contribution in [0.4, 0.5) is 4.39 Å². The third-order valence-corrected chi connectivity index (χ3v) is 2.77. The van der Waals surface area contributed by atoms with Gasteiger partial charge >= 0.3 is 5.97 Å². The summed E-state index contributed by atoms with van der Waals surface area (Å²) in [5.74, 6) is -1.27. The molecule has 0 aliphatic carbocycles. The highest BCUT2D eigenvalue weighted by Gasteiger charge is 2.10. The second-order valence-corrected chi connectivity index (χ2v) is 4.27. The van der Waals surface area contributed by atoms with Crippen molar-refractivity contribution in [3.05, 3.63) is 70.5 Å². The van der Waals surface area contributed by atoms with E-state index in [9.17, 15) is 9.18 Å². The number of hydrogen-bond acceptors (Lipinski definition) is 1. The number of aryl methyl sites for hydroxylation is 1. The maximum absolute atomic E-state index is 13.1. The molecule has 2 aromatic carbocycles. The standard InChI is InChI=1S/C15H13FO2/c1-10-5-6-14(15(17)18)12(7-10)8-11-3-2-4-13(16)9-11/h2-7,9H,8H2,1H3,(H,17,18). The zero-order chi connectivity index (χ0) is 13.1. The van der Waals surface area contributed by atoms with Gasteiger partial charge in [-0.25, -0.2) is 9.18 Å². The maximum Gasteiger partial charge on any atom is 0.335 e. The van der Waals surface area contributed by atoms with Crippen molar-refractivity contribution in [3.63, 3.8) is 0 Å². The van der Waals surface area contributed by atoms with E-state index in [4.69, 9.17) is 5.11 Å². The molecule has 0 saturated heterocycles. The summed E-state index contributed by atoms with van der Waals surface area (Å²) in [7, 11) is 0. The molecule has 0 radical (unpaired) electrons. The molecule has 18 heavy (non-hydrogen) atoms. The van der Waals surface area contributed by atoms with Gasteiger partial charge in [-0.15, -0.1) is 0 Å². The van der Waals surface area contributed by atoms with E-state index in [0.29, 0.717) is 12.0 Å². The molecule has 1 N–H and O–H groups in total. The first-order valence-electron chi connectivity index (χ1n) is 5.63. The van der Waals surface area contributed by atoms with Crippen LogP contribution in [0.25, 0.3) is 0 Å². The molecular formula is C15H13FO2. The quantitative estimate of drug-likeness (QED) is 0.898. The van der Waals surface area contributed by atoms with Gasteiger partial charge in [-0.3, -0.25) is 0 Å². The average Bonchev–Trinajstić information content (AvgIpc) is 2.28. The fraction of sp³-hybridized carbons (Fsp3) is 0.133. The molecule has 0 amide bonds. The summed E-state index contributed by atoms with van der Waals surface area (Å²) in [4.78, 5) is 11.1. The third kappa shape index (κ3) is 2.74. The van der Waals surface area contributed by atoms with E-state index in [1.807, 2.05) is 13.0 Å². The van der Waals surface area contributed by atoms with Gasteiger partial charge in [0, 0.05) is 0 Å². The Morgan fingerprint density at radius 2 is 2.00 bits per heavy atom. The highest BCUT2D eigenvalue weighted by Crippen LogP contribution is 2.17. The number of benzene rings is 2. The lowest BCUT2D eigenvalue weighted by molar-refractivity contribution is 0.0696. The highest BCUT2D eigenvalue weighted by atomic mass is 19.1. The summed E-state index contributed by atoms with van der Waals surface area (Å²) >= 11 is 0. The number of halogens is 1. The Morgan fingerprint density at radius 1 is 1.22 bits per heavy atom. The average molecular weight is 244 g/mol. The fourth-order valence-electron chi connectivity index (χ4n) is 1.94. The van der Waals surface area contributed by atoms with Crippen molar-refractivity contribution in [2.75, 3.05) is 0 Å². The van der Waals surface area contributed by atoms with Gasteiger partial charge in [0.25, 0.3) is 0 Å². The molecule has 0 atom stereocenters. The molecule has 0 saturated carbocycles. The first kappa shape index (κ1) is 12.3. The van der Waals surface area contributed by atoms with Crippen LogP contribution in [0, 0.1) is 12.7 Å². The minimum absolute atomic E-state index is 0.268. The SMILES string of the molecule is Cc1ccc(C(=O)O)c(Cc2cccc(F)c2)c1. The van der Waals surface area contributed by atoms with Crippen LogP contribution in [0.3, 0.4) is 0 Å². The van der Waals surface area contributed by atoms with Crippen molar-refractivity contribution in [2.45, 2.75) is 13.3 Å². The third-order valence-electron chi connectivity index (χ3n) is 2.77. The van der Waals surface area contributed by atoms with Gasteiger partial charge in [0.1, 0.15) is 5.82 Å². The van der Waals surface area contributed by atoms with Crippen LogP contribution in [-0.2, 0) is 6.42 Å². The van der Waals surface area contributed by atoms with Crippen LogP contribution in [0.2, 0.25) is 0 Å². The van der Waals surface area contributed by atoms with Crippen molar-refractivity contribution in [1.29, 1.82) is 0 Å². The summed E-state index contributed by atoms with van der Waals surface area (Å²) in [5.41, 5.74) is 2.73. The summed E-state index contributed by atoms with van der Waals surface area (Å²) < 4.78 is 13.1. The number of aromatic carboxylic acids is 1. The van der Waals surface area contributed by atoms with Gasteiger partial charge in [-0.2, -0.15) is 0 Å². The molecule has 0 aromatic heterocycles. The molecular weight excluding hydrogens is 231 g/mol. The lowest BCUT2D eigenvalue weighted by atomic mass is 9.98. The molecule has 0 fully saturated rings. The summed E-state index contributed by atoms with van der Waals surface area (Å²) in [5, 5.41) is 9.12. The number of hydrogen-bond donors (Lipinski definition) is 1. The summed E-state index contributed by atoms with van der Waals surface area (Å²) in [6.45, 7) is 1.90. The van der Waals surface area contributed by atoms with E-state index in [1.165, 1.54) is 12.1 Å². The van der Waals surface area contributed by atoms with Gasteiger partial charge in [-0.05, 0) is 42.7 Å². The van der Waals surface area contributed by atoms with Crippen LogP contribution in [0.5, 0.6) is 0 Å². The van der Waals surface area contributed by atoms with Gasteiger partial charge in [0.15, 0.2) is 0 Å². The van der Waals surface area contributed by atoms with Gasteiger partial charge in [0.05, 0.1) is 5.56 Å². The smallest absolute Gasteiger partial charge is 0.335 e. The predicted octanol–water partition coefficient (Wildman–Crippen LogP) is 3.42. The number of rotatable bonds is 3. The van der Waals surface area contributed by atoms with Gasteiger partial charge in [-0.1, -0.05) is 29.8 Å². The zero-order valence-electron chi connectivity index (χ0n) is 9.98. The van der Waals surface area contributed by atoms with Gasteiger partial charge < -0.3 is 5.11 Å². The van der Waals surface area contributed by atoms with Crippen molar-refractivity contribution in [1.82, 2.24) is 0 Å². The largest absolute Gasteiger partial charge is 0.478 e. The lowest BCUT2D eigenvalue weighted by Crippen LogP contribution is -2.03. The molecule has 2 nitrogen and oxygen atoms in total. The Bertz CT molecular complexity index is 591. The molecule has 0 spiro atoms. The molecule has 2 rings (SSSR count). The Labute approximate surface area is 105 Å². The van der Waals surface area contributed by atoms with E-state index < -0.39 is 5.97 Å². The predicted molar refractivity (Wildman–Crippen MR) is 67.3 cm³/mol. The van der Waals surface area contributed by atoms with E-state index in [-0.39, 0.29) is 11.4 Å². The van der Waals surface area contributed by atoms with Crippen LogP contribution in [0.15, 0.2) is 42.5 Å². The topological polar surface area (TPSA) is 37.3 Å². The second-order valence-electron chi connectivity index (χ2n) is 4.27. The number of carbonyl (C=O) groups is 1. The molecule has 0 bridgehead atoms. The second kappa shape index (κ2) is 5.00. The van der Waals surface area contributed by atoms with E-state index in [0.717, 1.165) is 11.1 Å². The van der Waals surface area contributed by atoms with Crippen LogP contribution < -0.4 is 0 Å². The highest BCUT2D eigenvalue weighted by molar-refractivity contribution is 5.89. The minimum atomic E-state index is -0.957. The molecule has 0 aliphatic rings. The molecule has 3 heteroatoms. The molecule has 0 aliphatic heterocycles. The van der Waals surface area contributed by atoms with Crippen LogP contribution in [0.1, 0.15) is 27.0 Å². The lowest BCUT2D eigenvalue weighted by Gasteiger charge is -2.07. The monoisotopic (exact) mass is 244 g/mol. The number of carboxylic acid groups (broad SMARTS) is 1. The summed E-state index contributed by atoms with van der Waals surface area (Å²) in [6.07, 6.45) is 0.418. The van der Waals surface area contributed by atoms with Crippen molar-refractivity contribution in [3.8, 4) is 0 Å². The van der Waals surface area contributed by atoms with Crippen molar-refractivity contribution >= 4 is 5.97 Å². The Morgan fingerprint density at radius 3 is 2.67 bits per heavy atom. The molecule has 2 aromatic rings. The Kier molecular flexibility index (Phi) is 3.42. The van der Waals surface area contributed by atoms with E-state index in [2.05, 4.69) is 0 Å². The first-order valence-corrected chi connectivity index (χ1v) is 5.63. The minimum Gasteiger partial charge on any atom is -0.478 e. The first-order chi connectivity index (χ1) is 8.56. The summed E-state index contributed by atoms with van der Waals surface area (Å²) in [6, 6.07) is 11.4. The zero-order valence-corrected chi connectivity index (χ0v) is 9.98. The normalized spacial score (nSPS) is 10.3. The van der Waals surface area contributed by atoms with Crippen LogP contribution >= 0.6 is 0 Å². The van der Waals surface area contributed by atoms with E-state index >= 15 is 0 Å². The molecule has 0 unspecified atom stereocenters. The van der Waals surface area contributed by atoms with Gasteiger partial charge in [0.2, 0.25) is 0 Å². The van der Waals surface area contributed by atoms with E-state index in [1.54, 1.807) is 24.3 Å².